The van der Waals surface area contributed by atoms with Gasteiger partial charge in [-0.3, -0.25) is 4.79 Å². The van der Waals surface area contributed by atoms with Crippen molar-refractivity contribution in [3.8, 4) is 0 Å². The summed E-state index contributed by atoms with van der Waals surface area (Å²) in [6, 6.07) is 0. The van der Waals surface area contributed by atoms with Gasteiger partial charge in [0.15, 0.2) is 0 Å². The molecule has 3 N–H and O–H groups in total. The highest BCUT2D eigenvalue weighted by Crippen LogP contribution is 2.25. The number of nitrogens with one attached hydrogen (secondary N) is 3. The quantitative estimate of drug-likeness (QED) is 0.736. The summed E-state index contributed by atoms with van der Waals surface area (Å²) in [5, 5.41) is 16.5. The molecule has 0 radical (unpaired) electrons. The molecule has 0 bridgehead atoms. The van der Waals surface area contributed by atoms with Crippen molar-refractivity contribution < 1.29 is 4.79 Å². The summed E-state index contributed by atoms with van der Waals surface area (Å²) in [6.07, 6.45) is 4.41. The fourth-order valence-corrected chi connectivity index (χ4v) is 2.11. The van der Waals surface area contributed by atoms with Gasteiger partial charge in [0, 0.05) is 19.5 Å². The topological polar surface area (TPSA) is 82.7 Å². The molecule has 7 heteroatoms. The summed E-state index contributed by atoms with van der Waals surface area (Å²) < 4.78 is 0. The van der Waals surface area contributed by atoms with Gasteiger partial charge in [-0.25, -0.2) is 0 Å². The minimum atomic E-state index is -0.262. The zero-order valence-electron chi connectivity index (χ0n) is 10.5. The van der Waals surface area contributed by atoms with Crippen LogP contribution < -0.4 is 10.6 Å². The van der Waals surface area contributed by atoms with E-state index in [4.69, 9.17) is 0 Å². The average molecular weight is 274 g/mol. The van der Waals surface area contributed by atoms with Gasteiger partial charge in [0.25, 0.3) is 0 Å². The molecule has 2 heterocycles. The van der Waals surface area contributed by atoms with Crippen LogP contribution in [0.5, 0.6) is 0 Å². The Hall–Kier alpha value is -1.14. The number of H-pyrrole nitrogens is 1. The summed E-state index contributed by atoms with van der Waals surface area (Å²) in [7, 11) is 0. The first-order valence-electron chi connectivity index (χ1n) is 6.04. The van der Waals surface area contributed by atoms with E-state index in [0.29, 0.717) is 13.0 Å². The fraction of sp³-hybridized carbons (Fsp3) is 0.727. The SMILES string of the molecule is CC1(C(=O)NCCc2cn[nH]n2)CCCNC1.Cl. The third-order valence-corrected chi connectivity index (χ3v) is 3.28. The van der Waals surface area contributed by atoms with Crippen LogP contribution in [0, 0.1) is 5.41 Å². The normalized spacial score (nSPS) is 23.2. The number of aromatic nitrogens is 3. The van der Waals surface area contributed by atoms with Crippen LogP contribution in [0.1, 0.15) is 25.5 Å². The Morgan fingerprint density at radius 3 is 3.06 bits per heavy atom. The largest absolute Gasteiger partial charge is 0.355 e. The van der Waals surface area contributed by atoms with Gasteiger partial charge < -0.3 is 10.6 Å². The number of carbonyl (C=O) groups is 1. The molecule has 0 aromatic carbocycles. The second kappa shape index (κ2) is 6.70. The number of piperidine rings is 1. The van der Waals surface area contributed by atoms with Gasteiger partial charge in [-0.1, -0.05) is 0 Å². The third-order valence-electron chi connectivity index (χ3n) is 3.28. The van der Waals surface area contributed by atoms with Gasteiger partial charge >= 0.3 is 0 Å². The predicted molar refractivity (Wildman–Crippen MR) is 70.6 cm³/mol. The molecule has 0 saturated carbocycles. The molecule has 0 aliphatic carbocycles. The fourth-order valence-electron chi connectivity index (χ4n) is 2.11. The van der Waals surface area contributed by atoms with Crippen molar-refractivity contribution in [3.63, 3.8) is 0 Å². The molecule has 1 aliphatic heterocycles. The number of halogens is 1. The van der Waals surface area contributed by atoms with E-state index in [1.54, 1.807) is 6.20 Å². The monoisotopic (exact) mass is 273 g/mol. The van der Waals surface area contributed by atoms with E-state index in [0.717, 1.165) is 31.6 Å². The van der Waals surface area contributed by atoms with Crippen LogP contribution in [0.3, 0.4) is 0 Å². The summed E-state index contributed by atoms with van der Waals surface area (Å²) in [5.41, 5.74) is 0.611. The van der Waals surface area contributed by atoms with Crippen molar-refractivity contribution in [2.75, 3.05) is 19.6 Å². The first-order valence-corrected chi connectivity index (χ1v) is 6.04. The van der Waals surface area contributed by atoms with Crippen molar-refractivity contribution in [3.05, 3.63) is 11.9 Å². The Morgan fingerprint density at radius 2 is 2.44 bits per heavy atom. The molecule has 0 spiro atoms. The van der Waals surface area contributed by atoms with Crippen LogP contribution >= 0.6 is 12.4 Å². The lowest BCUT2D eigenvalue weighted by atomic mass is 9.82. The number of carbonyl (C=O) groups excluding carboxylic acids is 1. The van der Waals surface area contributed by atoms with Crippen molar-refractivity contribution in [1.82, 2.24) is 26.0 Å². The molecule has 102 valence electrons. The molecule has 18 heavy (non-hydrogen) atoms. The van der Waals surface area contributed by atoms with E-state index in [-0.39, 0.29) is 23.7 Å². The highest BCUT2D eigenvalue weighted by atomic mass is 35.5. The maximum Gasteiger partial charge on any atom is 0.227 e. The first kappa shape index (κ1) is 14.9. The second-order valence-electron chi connectivity index (χ2n) is 4.81. The smallest absolute Gasteiger partial charge is 0.227 e. The van der Waals surface area contributed by atoms with Crippen LogP contribution in [0.4, 0.5) is 0 Å². The van der Waals surface area contributed by atoms with Crippen LogP contribution in [-0.2, 0) is 11.2 Å². The minimum absolute atomic E-state index is 0. The van der Waals surface area contributed by atoms with Crippen LogP contribution in [0.25, 0.3) is 0 Å². The lowest BCUT2D eigenvalue weighted by Crippen LogP contribution is -2.49. The van der Waals surface area contributed by atoms with E-state index in [9.17, 15) is 4.79 Å². The number of amides is 1. The van der Waals surface area contributed by atoms with E-state index < -0.39 is 0 Å². The molecule has 2 rings (SSSR count). The van der Waals surface area contributed by atoms with Crippen molar-refractivity contribution in [2.24, 2.45) is 5.41 Å². The number of aromatic amines is 1. The number of hydrogen-bond acceptors (Lipinski definition) is 4. The van der Waals surface area contributed by atoms with Crippen molar-refractivity contribution in [2.45, 2.75) is 26.2 Å². The van der Waals surface area contributed by atoms with E-state index >= 15 is 0 Å². The molecule has 1 unspecified atom stereocenters. The lowest BCUT2D eigenvalue weighted by Gasteiger charge is -2.32. The molecule has 1 amide bonds. The molecule has 1 aromatic heterocycles. The van der Waals surface area contributed by atoms with Crippen LogP contribution in [0.2, 0.25) is 0 Å². The molecule has 1 saturated heterocycles. The van der Waals surface area contributed by atoms with Gasteiger partial charge in [0.1, 0.15) is 0 Å². The number of nitrogens with zero attached hydrogens (tertiary/aromatic N) is 2. The highest BCUT2D eigenvalue weighted by molar-refractivity contribution is 5.85. The maximum atomic E-state index is 12.1. The van der Waals surface area contributed by atoms with Gasteiger partial charge in [-0.15, -0.1) is 12.4 Å². The second-order valence-corrected chi connectivity index (χ2v) is 4.81. The Kier molecular flexibility index (Phi) is 5.55. The van der Waals surface area contributed by atoms with Crippen LogP contribution in [0.15, 0.2) is 6.20 Å². The molecule has 6 nitrogen and oxygen atoms in total. The Morgan fingerprint density at radius 1 is 1.61 bits per heavy atom. The van der Waals surface area contributed by atoms with Crippen molar-refractivity contribution in [1.29, 1.82) is 0 Å². The minimum Gasteiger partial charge on any atom is -0.355 e. The predicted octanol–water partition coefficient (Wildman–Crippen LogP) is 0.275. The van der Waals surface area contributed by atoms with Gasteiger partial charge in [0.05, 0.1) is 17.3 Å². The van der Waals surface area contributed by atoms with E-state index in [1.807, 2.05) is 6.92 Å². The van der Waals surface area contributed by atoms with Gasteiger partial charge in [0.2, 0.25) is 5.91 Å². The summed E-state index contributed by atoms with van der Waals surface area (Å²) in [5.74, 6) is 0.133. The highest BCUT2D eigenvalue weighted by Gasteiger charge is 2.34. The summed E-state index contributed by atoms with van der Waals surface area (Å²) >= 11 is 0. The molecular weight excluding hydrogens is 254 g/mol. The van der Waals surface area contributed by atoms with Crippen molar-refractivity contribution >= 4 is 18.3 Å². The Bertz CT molecular complexity index is 362. The third kappa shape index (κ3) is 3.68. The zero-order chi connectivity index (χ0) is 12.1. The number of hydrogen-bond donors (Lipinski definition) is 3. The Labute approximate surface area is 113 Å². The van der Waals surface area contributed by atoms with Crippen LogP contribution in [-0.4, -0.2) is 41.0 Å². The maximum absolute atomic E-state index is 12.1. The molecule has 1 fully saturated rings. The Balaban J connectivity index is 0.00000162. The van der Waals surface area contributed by atoms with E-state index in [2.05, 4.69) is 26.0 Å². The van der Waals surface area contributed by atoms with Gasteiger partial charge in [-0.2, -0.15) is 15.4 Å². The van der Waals surface area contributed by atoms with Gasteiger partial charge in [-0.05, 0) is 26.3 Å². The lowest BCUT2D eigenvalue weighted by molar-refractivity contribution is -0.131. The number of rotatable bonds is 4. The molecular formula is C11H20ClN5O. The molecule has 1 atom stereocenters. The summed E-state index contributed by atoms with van der Waals surface area (Å²) in [6.45, 7) is 4.41. The van der Waals surface area contributed by atoms with E-state index in [1.165, 1.54) is 0 Å². The average Bonchev–Trinajstić information content (AvgIpc) is 2.83. The molecule has 1 aliphatic rings. The molecule has 1 aromatic rings. The zero-order valence-corrected chi connectivity index (χ0v) is 11.3. The first-order chi connectivity index (χ1) is 8.21. The standard InChI is InChI=1S/C11H19N5O.ClH/c1-11(4-2-5-12-8-11)10(17)13-6-3-9-7-14-16-15-9;/h7,12H,2-6,8H2,1H3,(H,13,17)(H,14,15,16);1H. The summed E-state index contributed by atoms with van der Waals surface area (Å²) in [4.78, 5) is 12.1.